The Hall–Kier alpha value is -0.870. The van der Waals surface area contributed by atoms with Crippen LogP contribution < -0.4 is 5.32 Å². The summed E-state index contributed by atoms with van der Waals surface area (Å²) in [6.07, 6.45) is 0. The molecule has 4 heteroatoms. The van der Waals surface area contributed by atoms with E-state index in [1.807, 2.05) is 18.7 Å². The summed E-state index contributed by atoms with van der Waals surface area (Å²) in [5, 5.41) is 17.3. The highest BCUT2D eigenvalue weighted by Gasteiger charge is 2.20. The first kappa shape index (κ1) is 14.2. The first-order chi connectivity index (χ1) is 7.88. The fraction of sp³-hybridized carbons (Fsp3) is 0.769. The lowest BCUT2D eigenvalue weighted by molar-refractivity contribution is 0.201. The Bertz CT molecular complexity index is 371. The Morgan fingerprint density at radius 2 is 1.88 bits per heavy atom. The maximum atomic E-state index is 9.35. The predicted molar refractivity (Wildman–Crippen MR) is 69.9 cm³/mol. The predicted octanol–water partition coefficient (Wildman–Crippen LogP) is 1.70. The van der Waals surface area contributed by atoms with Gasteiger partial charge >= 0.3 is 0 Å². The zero-order valence-corrected chi connectivity index (χ0v) is 11.8. The monoisotopic (exact) mass is 239 g/mol. The molecule has 1 aromatic heterocycles. The van der Waals surface area contributed by atoms with Crippen LogP contribution in [0.3, 0.4) is 0 Å². The Labute approximate surface area is 104 Å². The fourth-order valence-electron chi connectivity index (χ4n) is 2.28. The van der Waals surface area contributed by atoms with Crippen molar-refractivity contribution in [1.29, 1.82) is 0 Å². The second-order valence-electron chi connectivity index (χ2n) is 5.13. The summed E-state index contributed by atoms with van der Waals surface area (Å²) in [6.45, 7) is 10.6. The number of rotatable bonds is 5. The fourth-order valence-corrected chi connectivity index (χ4v) is 2.28. The third kappa shape index (κ3) is 3.07. The maximum absolute atomic E-state index is 9.35. The molecule has 0 radical (unpaired) electrons. The highest BCUT2D eigenvalue weighted by Crippen LogP contribution is 2.21. The molecule has 17 heavy (non-hydrogen) atoms. The zero-order chi connectivity index (χ0) is 13.2. The highest BCUT2D eigenvalue weighted by molar-refractivity contribution is 5.27. The van der Waals surface area contributed by atoms with Crippen molar-refractivity contribution in [3.63, 3.8) is 0 Å². The number of hydrogen-bond acceptors (Lipinski definition) is 3. The molecule has 0 spiro atoms. The number of aliphatic hydroxyl groups excluding tert-OH is 1. The van der Waals surface area contributed by atoms with Crippen LogP contribution in [-0.2, 0) is 7.05 Å². The van der Waals surface area contributed by atoms with E-state index in [1.165, 1.54) is 11.3 Å². The molecule has 2 N–H and O–H groups in total. The van der Waals surface area contributed by atoms with Gasteiger partial charge < -0.3 is 10.4 Å². The van der Waals surface area contributed by atoms with E-state index < -0.39 is 0 Å². The van der Waals surface area contributed by atoms with Gasteiger partial charge in [-0.3, -0.25) is 4.68 Å². The van der Waals surface area contributed by atoms with E-state index in [0.717, 1.165) is 5.69 Å². The molecule has 2 unspecified atom stereocenters. The molecule has 4 nitrogen and oxygen atoms in total. The van der Waals surface area contributed by atoms with Crippen LogP contribution in [0.15, 0.2) is 0 Å². The average molecular weight is 239 g/mol. The lowest BCUT2D eigenvalue weighted by Gasteiger charge is -2.25. The Morgan fingerprint density at radius 3 is 2.24 bits per heavy atom. The van der Waals surface area contributed by atoms with Crippen LogP contribution in [-0.4, -0.2) is 27.5 Å². The quantitative estimate of drug-likeness (QED) is 0.822. The Kier molecular flexibility index (Phi) is 4.71. The number of nitrogens with one attached hydrogen (secondary N) is 1. The molecule has 0 bridgehead atoms. The van der Waals surface area contributed by atoms with Crippen LogP contribution in [0.25, 0.3) is 0 Å². The largest absolute Gasteiger partial charge is 0.395 e. The van der Waals surface area contributed by atoms with Crippen molar-refractivity contribution >= 4 is 0 Å². The Balaban J connectivity index is 2.85. The SMILES string of the molecule is Cc1nn(C)c(C)c1C(C)NC(CO)C(C)C. The van der Waals surface area contributed by atoms with Gasteiger partial charge in [-0.25, -0.2) is 0 Å². The normalized spacial score (nSPS) is 15.3. The molecule has 0 saturated heterocycles. The first-order valence-corrected chi connectivity index (χ1v) is 6.25. The van der Waals surface area contributed by atoms with Crippen LogP contribution >= 0.6 is 0 Å². The molecule has 0 aliphatic heterocycles. The lowest BCUT2D eigenvalue weighted by atomic mass is 10.0. The number of aryl methyl sites for hydroxylation is 2. The number of aromatic nitrogens is 2. The van der Waals surface area contributed by atoms with E-state index in [4.69, 9.17) is 0 Å². The van der Waals surface area contributed by atoms with Crippen LogP contribution in [0.1, 0.15) is 43.8 Å². The first-order valence-electron chi connectivity index (χ1n) is 6.25. The summed E-state index contributed by atoms with van der Waals surface area (Å²) >= 11 is 0. The van der Waals surface area contributed by atoms with E-state index in [-0.39, 0.29) is 18.7 Å². The number of hydrogen-bond donors (Lipinski definition) is 2. The zero-order valence-electron chi connectivity index (χ0n) is 11.8. The number of nitrogens with zero attached hydrogens (tertiary/aromatic N) is 2. The standard InChI is InChI=1S/C13H25N3O/c1-8(2)12(7-17)14-9(3)13-10(4)15-16(6)11(13)5/h8-9,12,14,17H,7H2,1-6H3. The second kappa shape index (κ2) is 5.65. The van der Waals surface area contributed by atoms with Crippen LogP contribution in [0.5, 0.6) is 0 Å². The van der Waals surface area contributed by atoms with Crippen molar-refractivity contribution in [2.75, 3.05) is 6.61 Å². The van der Waals surface area contributed by atoms with E-state index in [1.54, 1.807) is 0 Å². The summed E-state index contributed by atoms with van der Waals surface area (Å²) < 4.78 is 1.91. The summed E-state index contributed by atoms with van der Waals surface area (Å²) in [5.41, 5.74) is 3.49. The molecule has 0 saturated carbocycles. The third-order valence-electron chi connectivity index (χ3n) is 3.46. The summed E-state index contributed by atoms with van der Waals surface area (Å²) in [4.78, 5) is 0. The van der Waals surface area contributed by atoms with Gasteiger partial charge in [0.1, 0.15) is 0 Å². The highest BCUT2D eigenvalue weighted by atomic mass is 16.3. The van der Waals surface area contributed by atoms with Crippen molar-refractivity contribution < 1.29 is 5.11 Å². The smallest absolute Gasteiger partial charge is 0.0644 e. The van der Waals surface area contributed by atoms with Gasteiger partial charge in [0.25, 0.3) is 0 Å². The maximum Gasteiger partial charge on any atom is 0.0644 e. The van der Waals surface area contributed by atoms with E-state index in [9.17, 15) is 5.11 Å². The summed E-state index contributed by atoms with van der Waals surface area (Å²) in [7, 11) is 1.96. The molecule has 0 aliphatic carbocycles. The number of aliphatic hydroxyl groups is 1. The molecular formula is C13H25N3O. The van der Waals surface area contributed by atoms with Gasteiger partial charge in [-0.05, 0) is 26.7 Å². The topological polar surface area (TPSA) is 50.1 Å². The third-order valence-corrected chi connectivity index (χ3v) is 3.46. The van der Waals surface area contributed by atoms with Crippen molar-refractivity contribution in [2.45, 2.75) is 46.7 Å². The molecule has 0 amide bonds. The molecule has 0 fully saturated rings. The molecule has 0 aromatic carbocycles. The van der Waals surface area contributed by atoms with Gasteiger partial charge in [0.15, 0.2) is 0 Å². The average Bonchev–Trinajstić information content (AvgIpc) is 2.49. The molecule has 1 aromatic rings. The van der Waals surface area contributed by atoms with E-state index in [2.05, 4.69) is 38.1 Å². The molecular weight excluding hydrogens is 214 g/mol. The molecule has 1 rings (SSSR count). The minimum Gasteiger partial charge on any atom is -0.395 e. The van der Waals surface area contributed by atoms with Crippen molar-refractivity contribution in [3.8, 4) is 0 Å². The van der Waals surface area contributed by atoms with E-state index in [0.29, 0.717) is 5.92 Å². The molecule has 2 atom stereocenters. The van der Waals surface area contributed by atoms with Crippen molar-refractivity contribution in [2.24, 2.45) is 13.0 Å². The van der Waals surface area contributed by atoms with Gasteiger partial charge in [-0.15, -0.1) is 0 Å². The van der Waals surface area contributed by atoms with Crippen molar-refractivity contribution in [3.05, 3.63) is 17.0 Å². The van der Waals surface area contributed by atoms with Gasteiger partial charge in [-0.1, -0.05) is 13.8 Å². The Morgan fingerprint density at radius 1 is 1.29 bits per heavy atom. The minimum atomic E-state index is 0.129. The van der Waals surface area contributed by atoms with Crippen molar-refractivity contribution in [1.82, 2.24) is 15.1 Å². The van der Waals surface area contributed by atoms with Gasteiger partial charge in [0.05, 0.1) is 12.3 Å². The summed E-state index contributed by atoms with van der Waals surface area (Å²) in [5.74, 6) is 0.416. The van der Waals surface area contributed by atoms with Gasteiger partial charge in [-0.2, -0.15) is 5.10 Å². The van der Waals surface area contributed by atoms with Crippen LogP contribution in [0.2, 0.25) is 0 Å². The molecule has 1 heterocycles. The minimum absolute atomic E-state index is 0.129. The molecule has 98 valence electrons. The second-order valence-corrected chi connectivity index (χ2v) is 5.13. The van der Waals surface area contributed by atoms with Crippen LogP contribution in [0.4, 0.5) is 0 Å². The van der Waals surface area contributed by atoms with Gasteiger partial charge in [0.2, 0.25) is 0 Å². The van der Waals surface area contributed by atoms with Crippen LogP contribution in [0, 0.1) is 19.8 Å². The summed E-state index contributed by atoms with van der Waals surface area (Å²) in [6, 6.07) is 0.340. The molecule has 0 aliphatic rings. The van der Waals surface area contributed by atoms with E-state index >= 15 is 0 Å². The lowest BCUT2D eigenvalue weighted by Crippen LogP contribution is -2.38. The van der Waals surface area contributed by atoms with Gasteiger partial charge in [0, 0.05) is 30.4 Å².